The molecule has 1 amide bonds. The molecule has 0 radical (unpaired) electrons. The molecule has 120 valence electrons. The van der Waals surface area contributed by atoms with Crippen molar-refractivity contribution in [1.29, 1.82) is 0 Å². The number of anilines is 1. The maximum absolute atomic E-state index is 12.4. The summed E-state index contributed by atoms with van der Waals surface area (Å²) < 4.78 is 5.61. The maximum Gasteiger partial charge on any atom is 0.257 e. The Kier molecular flexibility index (Phi) is 4.47. The van der Waals surface area contributed by atoms with Gasteiger partial charge in [0.1, 0.15) is 5.75 Å². The third kappa shape index (κ3) is 3.73. The number of amides is 1. The molecule has 3 rings (SSSR count). The van der Waals surface area contributed by atoms with Gasteiger partial charge in [-0.15, -0.1) is 5.10 Å². The van der Waals surface area contributed by atoms with Gasteiger partial charge in [-0.2, -0.15) is 5.10 Å². The Hall–Kier alpha value is -3.28. The number of benzene rings is 1. The molecule has 0 aliphatic rings. The van der Waals surface area contributed by atoms with Gasteiger partial charge < -0.3 is 10.1 Å². The molecule has 0 aliphatic carbocycles. The van der Waals surface area contributed by atoms with Gasteiger partial charge >= 0.3 is 0 Å². The molecule has 3 aromatic rings. The molecule has 1 aromatic carbocycles. The van der Waals surface area contributed by atoms with Crippen molar-refractivity contribution in [3.8, 4) is 11.6 Å². The quantitative estimate of drug-likeness (QED) is 0.795. The average molecular weight is 320 g/mol. The molecule has 0 aliphatic heterocycles. The molecule has 0 saturated heterocycles. The van der Waals surface area contributed by atoms with E-state index in [2.05, 4.69) is 20.5 Å². The van der Waals surface area contributed by atoms with Crippen molar-refractivity contribution in [2.24, 2.45) is 0 Å². The molecular weight excluding hydrogens is 304 g/mol. The molecule has 2 heterocycles. The van der Waals surface area contributed by atoms with E-state index in [1.807, 2.05) is 19.9 Å². The lowest BCUT2D eigenvalue weighted by Gasteiger charge is -2.09. The second kappa shape index (κ2) is 6.87. The third-order valence-electron chi connectivity index (χ3n) is 3.33. The van der Waals surface area contributed by atoms with E-state index >= 15 is 0 Å². The fourth-order valence-corrected chi connectivity index (χ4v) is 2.22. The Morgan fingerprint density at radius 2 is 1.96 bits per heavy atom. The minimum atomic E-state index is -0.211. The lowest BCUT2D eigenvalue weighted by molar-refractivity contribution is 0.102. The van der Waals surface area contributed by atoms with Crippen LogP contribution in [-0.4, -0.2) is 21.1 Å². The minimum Gasteiger partial charge on any atom is -0.437 e. The number of nitrogens with one attached hydrogen (secondary N) is 1. The van der Waals surface area contributed by atoms with Crippen molar-refractivity contribution >= 4 is 11.6 Å². The number of rotatable bonds is 4. The molecule has 2 aromatic heterocycles. The number of hydrogen-bond donors (Lipinski definition) is 1. The summed E-state index contributed by atoms with van der Waals surface area (Å²) in [5.41, 5.74) is 2.74. The predicted molar refractivity (Wildman–Crippen MR) is 90.2 cm³/mol. The van der Waals surface area contributed by atoms with Gasteiger partial charge in [0, 0.05) is 29.7 Å². The molecular formula is C18H16N4O2. The number of nitrogens with zero attached hydrogens (tertiary/aromatic N) is 3. The van der Waals surface area contributed by atoms with Crippen molar-refractivity contribution in [3.05, 3.63) is 71.7 Å². The zero-order chi connectivity index (χ0) is 16.9. The first-order valence-electron chi connectivity index (χ1n) is 7.43. The Balaban J connectivity index is 1.75. The van der Waals surface area contributed by atoms with Crippen LogP contribution in [0.5, 0.6) is 11.6 Å². The SMILES string of the molecule is Cc1ccc(C(=O)Nc2cccc(Oc3cccnn3)c2)c(C)n1. The molecule has 1 N–H and O–H groups in total. The summed E-state index contributed by atoms with van der Waals surface area (Å²) in [5.74, 6) is 0.739. The Labute approximate surface area is 139 Å². The summed E-state index contributed by atoms with van der Waals surface area (Å²) in [6, 6.07) is 14.1. The minimum absolute atomic E-state index is 0.211. The van der Waals surface area contributed by atoms with Crippen molar-refractivity contribution in [3.63, 3.8) is 0 Å². The molecule has 0 saturated carbocycles. The van der Waals surface area contributed by atoms with Gasteiger partial charge in [0.2, 0.25) is 5.88 Å². The van der Waals surface area contributed by atoms with Gasteiger partial charge in [0.15, 0.2) is 0 Å². The second-order valence-corrected chi connectivity index (χ2v) is 5.23. The summed E-state index contributed by atoms with van der Waals surface area (Å²) >= 11 is 0. The summed E-state index contributed by atoms with van der Waals surface area (Å²) in [7, 11) is 0. The highest BCUT2D eigenvalue weighted by Gasteiger charge is 2.11. The van der Waals surface area contributed by atoms with Crippen LogP contribution in [0.15, 0.2) is 54.7 Å². The van der Waals surface area contributed by atoms with Crippen LogP contribution in [0.25, 0.3) is 0 Å². The number of aryl methyl sites for hydroxylation is 2. The second-order valence-electron chi connectivity index (χ2n) is 5.23. The van der Waals surface area contributed by atoms with Gasteiger partial charge in [0.25, 0.3) is 5.91 Å². The Morgan fingerprint density at radius 3 is 2.71 bits per heavy atom. The monoisotopic (exact) mass is 320 g/mol. The molecule has 0 spiro atoms. The van der Waals surface area contributed by atoms with E-state index in [0.29, 0.717) is 28.6 Å². The van der Waals surface area contributed by atoms with Crippen molar-refractivity contribution < 1.29 is 9.53 Å². The number of carbonyl (C=O) groups excluding carboxylic acids is 1. The zero-order valence-corrected chi connectivity index (χ0v) is 13.4. The largest absolute Gasteiger partial charge is 0.437 e. The third-order valence-corrected chi connectivity index (χ3v) is 3.33. The van der Waals surface area contributed by atoms with Gasteiger partial charge in [-0.3, -0.25) is 9.78 Å². The van der Waals surface area contributed by atoms with Crippen LogP contribution in [0, 0.1) is 13.8 Å². The molecule has 0 fully saturated rings. The smallest absolute Gasteiger partial charge is 0.257 e. The molecule has 0 unspecified atom stereocenters. The van der Waals surface area contributed by atoms with Crippen molar-refractivity contribution in [2.45, 2.75) is 13.8 Å². The highest BCUT2D eigenvalue weighted by atomic mass is 16.5. The van der Waals surface area contributed by atoms with Crippen molar-refractivity contribution in [1.82, 2.24) is 15.2 Å². The highest BCUT2D eigenvalue weighted by Crippen LogP contribution is 2.22. The van der Waals surface area contributed by atoms with E-state index in [0.717, 1.165) is 5.69 Å². The number of pyridine rings is 1. The summed E-state index contributed by atoms with van der Waals surface area (Å²) in [5, 5.41) is 10.5. The fraction of sp³-hybridized carbons (Fsp3) is 0.111. The van der Waals surface area contributed by atoms with Crippen LogP contribution in [-0.2, 0) is 0 Å². The molecule has 6 nitrogen and oxygen atoms in total. The molecule has 24 heavy (non-hydrogen) atoms. The van der Waals surface area contributed by atoms with Crippen LogP contribution >= 0.6 is 0 Å². The lowest BCUT2D eigenvalue weighted by Crippen LogP contribution is -2.14. The molecule has 6 heteroatoms. The topological polar surface area (TPSA) is 77.0 Å². The van der Waals surface area contributed by atoms with E-state index in [-0.39, 0.29) is 5.91 Å². The van der Waals surface area contributed by atoms with E-state index in [9.17, 15) is 4.79 Å². The van der Waals surface area contributed by atoms with E-state index in [4.69, 9.17) is 4.74 Å². The van der Waals surface area contributed by atoms with Crippen LogP contribution in [0.2, 0.25) is 0 Å². The number of ether oxygens (including phenoxy) is 1. The van der Waals surface area contributed by atoms with Crippen LogP contribution in [0.1, 0.15) is 21.7 Å². The molecule has 0 bridgehead atoms. The molecule has 0 atom stereocenters. The fourth-order valence-electron chi connectivity index (χ4n) is 2.22. The maximum atomic E-state index is 12.4. The Morgan fingerprint density at radius 1 is 1.08 bits per heavy atom. The first-order valence-corrected chi connectivity index (χ1v) is 7.43. The van der Waals surface area contributed by atoms with Gasteiger partial charge in [-0.25, -0.2) is 0 Å². The number of aromatic nitrogens is 3. The van der Waals surface area contributed by atoms with Gasteiger partial charge in [0.05, 0.1) is 11.3 Å². The highest BCUT2D eigenvalue weighted by molar-refractivity contribution is 6.05. The average Bonchev–Trinajstić information content (AvgIpc) is 2.56. The summed E-state index contributed by atoms with van der Waals surface area (Å²) in [4.78, 5) is 16.7. The first-order chi connectivity index (χ1) is 11.6. The zero-order valence-electron chi connectivity index (χ0n) is 13.4. The first kappa shape index (κ1) is 15.6. The lowest BCUT2D eigenvalue weighted by atomic mass is 10.1. The van der Waals surface area contributed by atoms with E-state index in [1.54, 1.807) is 48.7 Å². The predicted octanol–water partition coefficient (Wildman–Crippen LogP) is 3.53. The van der Waals surface area contributed by atoms with E-state index < -0.39 is 0 Å². The van der Waals surface area contributed by atoms with Crippen LogP contribution in [0.4, 0.5) is 5.69 Å². The van der Waals surface area contributed by atoms with Gasteiger partial charge in [-0.05, 0) is 44.2 Å². The van der Waals surface area contributed by atoms with Gasteiger partial charge in [-0.1, -0.05) is 6.07 Å². The Bertz CT molecular complexity index is 866. The van der Waals surface area contributed by atoms with Crippen molar-refractivity contribution in [2.75, 3.05) is 5.32 Å². The standard InChI is InChI=1S/C18H16N4O2/c1-12-8-9-16(13(2)20-12)18(23)21-14-5-3-6-15(11-14)24-17-7-4-10-19-22-17/h3-11H,1-2H3,(H,21,23). The van der Waals surface area contributed by atoms with Crippen LogP contribution in [0.3, 0.4) is 0 Å². The number of hydrogen-bond acceptors (Lipinski definition) is 5. The number of carbonyl (C=O) groups is 1. The van der Waals surface area contributed by atoms with Crippen LogP contribution < -0.4 is 10.1 Å². The summed E-state index contributed by atoms with van der Waals surface area (Å²) in [6.45, 7) is 3.71. The van der Waals surface area contributed by atoms with E-state index in [1.165, 1.54) is 0 Å². The normalized spacial score (nSPS) is 10.2. The summed E-state index contributed by atoms with van der Waals surface area (Å²) in [6.07, 6.45) is 1.57.